The molecule has 7 nitrogen and oxygen atoms in total. The fraction of sp³-hybridized carbons (Fsp3) is 0.368. The fourth-order valence-corrected chi connectivity index (χ4v) is 3.11. The Hall–Kier alpha value is -2.67. The third-order valence-corrected chi connectivity index (χ3v) is 4.84. The lowest BCUT2D eigenvalue weighted by Crippen LogP contribution is -2.31. The van der Waals surface area contributed by atoms with Gasteiger partial charge < -0.3 is 9.64 Å². The molecule has 0 saturated carbocycles. The third-order valence-electron chi connectivity index (χ3n) is 4.52. The molecule has 2 heterocycles. The molecule has 0 N–H and O–H groups in total. The molecule has 8 heteroatoms. The topological polar surface area (TPSA) is 72.6 Å². The maximum absolute atomic E-state index is 12.5. The Kier molecular flexibility index (Phi) is 5.91. The zero-order valence-corrected chi connectivity index (χ0v) is 16.4. The number of nitrogens with zero attached hydrogens (tertiary/aromatic N) is 5. The zero-order chi connectivity index (χ0) is 19.4. The number of fused-ring (bicyclic) bond motifs is 1. The minimum Gasteiger partial charge on any atom is -0.490 e. The van der Waals surface area contributed by atoms with E-state index in [-0.39, 0.29) is 5.91 Å². The number of aryl methyl sites for hydroxylation is 2. The molecular weight excluding hydrogens is 366 g/mol. The number of rotatable bonds is 7. The van der Waals surface area contributed by atoms with Gasteiger partial charge >= 0.3 is 0 Å². The first-order chi connectivity index (χ1) is 13.0. The second-order valence-corrected chi connectivity index (χ2v) is 6.73. The number of carbonyl (C=O) groups excluding carboxylic acids is 1. The Bertz CT molecular complexity index is 956. The summed E-state index contributed by atoms with van der Waals surface area (Å²) in [4.78, 5) is 22.7. The first-order valence-corrected chi connectivity index (χ1v) is 9.12. The van der Waals surface area contributed by atoms with Gasteiger partial charge in [-0.3, -0.25) is 4.79 Å². The first kappa shape index (κ1) is 19.1. The van der Waals surface area contributed by atoms with Crippen molar-refractivity contribution >= 4 is 23.3 Å². The van der Waals surface area contributed by atoms with Crippen LogP contribution in [0.3, 0.4) is 0 Å². The van der Waals surface area contributed by atoms with E-state index in [2.05, 4.69) is 15.1 Å². The van der Waals surface area contributed by atoms with Crippen LogP contribution in [0.4, 0.5) is 0 Å². The SMILES string of the molecule is Cc1nc2ncnn2c(C)c1CCC(=O)N(C)CCOc1ccccc1Cl. The number of likely N-dealkylation sites (N-methyl/N-ethyl adjacent to an activating group) is 1. The predicted octanol–water partition coefficient (Wildman–Crippen LogP) is 2.86. The van der Waals surface area contributed by atoms with Crippen molar-refractivity contribution in [3.8, 4) is 5.75 Å². The molecular formula is C19H22ClN5O2. The lowest BCUT2D eigenvalue weighted by Gasteiger charge is -2.18. The highest BCUT2D eigenvalue weighted by Gasteiger charge is 2.14. The molecule has 3 aromatic rings. The van der Waals surface area contributed by atoms with Crippen molar-refractivity contribution in [2.24, 2.45) is 0 Å². The van der Waals surface area contributed by atoms with Crippen LogP contribution in [0.25, 0.3) is 5.78 Å². The van der Waals surface area contributed by atoms with Gasteiger partial charge in [0.2, 0.25) is 5.91 Å². The van der Waals surface area contributed by atoms with E-state index in [1.165, 1.54) is 6.33 Å². The lowest BCUT2D eigenvalue weighted by molar-refractivity contribution is -0.130. The van der Waals surface area contributed by atoms with E-state index in [4.69, 9.17) is 16.3 Å². The quantitative estimate of drug-likeness (QED) is 0.623. The summed E-state index contributed by atoms with van der Waals surface area (Å²) in [5, 5.41) is 4.74. The third kappa shape index (κ3) is 4.36. The molecule has 0 fully saturated rings. The van der Waals surface area contributed by atoms with Gasteiger partial charge in [0.15, 0.2) is 0 Å². The molecule has 0 spiro atoms. The molecule has 0 aliphatic rings. The number of hydrogen-bond acceptors (Lipinski definition) is 5. The van der Waals surface area contributed by atoms with Crippen molar-refractivity contribution in [1.82, 2.24) is 24.5 Å². The maximum Gasteiger partial charge on any atom is 0.252 e. The minimum atomic E-state index is 0.0512. The smallest absolute Gasteiger partial charge is 0.252 e. The van der Waals surface area contributed by atoms with Gasteiger partial charge in [0.1, 0.15) is 18.7 Å². The van der Waals surface area contributed by atoms with Gasteiger partial charge in [-0.25, -0.2) is 9.50 Å². The standard InChI is InChI=1S/C19H22ClN5O2/c1-13-15(14(2)25-19(23-13)21-12-22-25)8-9-18(26)24(3)10-11-27-17-7-5-4-6-16(17)20/h4-7,12H,8-11H2,1-3H3. The molecule has 27 heavy (non-hydrogen) atoms. The van der Waals surface area contributed by atoms with E-state index in [1.54, 1.807) is 22.5 Å². The predicted molar refractivity (Wildman–Crippen MR) is 103 cm³/mol. The summed E-state index contributed by atoms with van der Waals surface area (Å²) in [6.07, 6.45) is 2.48. The van der Waals surface area contributed by atoms with Crippen LogP contribution >= 0.6 is 11.6 Å². The summed E-state index contributed by atoms with van der Waals surface area (Å²) in [6, 6.07) is 7.29. The monoisotopic (exact) mass is 387 g/mol. The number of aromatic nitrogens is 4. The van der Waals surface area contributed by atoms with Crippen LogP contribution in [-0.4, -0.2) is 50.6 Å². The molecule has 0 bridgehead atoms. The summed E-state index contributed by atoms with van der Waals surface area (Å²) < 4.78 is 7.35. The van der Waals surface area contributed by atoms with Gasteiger partial charge in [0, 0.05) is 24.9 Å². The van der Waals surface area contributed by atoms with Gasteiger partial charge in [0.25, 0.3) is 5.78 Å². The number of amides is 1. The van der Waals surface area contributed by atoms with Crippen molar-refractivity contribution in [3.05, 3.63) is 52.6 Å². The van der Waals surface area contributed by atoms with Crippen molar-refractivity contribution in [1.29, 1.82) is 0 Å². The van der Waals surface area contributed by atoms with Crippen molar-refractivity contribution in [2.45, 2.75) is 26.7 Å². The van der Waals surface area contributed by atoms with Crippen LogP contribution in [-0.2, 0) is 11.2 Å². The zero-order valence-electron chi connectivity index (χ0n) is 15.6. The molecule has 0 saturated heterocycles. The van der Waals surface area contributed by atoms with E-state index in [0.29, 0.717) is 42.5 Å². The van der Waals surface area contributed by atoms with E-state index in [9.17, 15) is 4.79 Å². The Morgan fingerprint density at radius 3 is 2.85 bits per heavy atom. The molecule has 0 aliphatic heterocycles. The van der Waals surface area contributed by atoms with Crippen LogP contribution in [0.5, 0.6) is 5.75 Å². The highest BCUT2D eigenvalue weighted by Crippen LogP contribution is 2.23. The molecule has 0 atom stereocenters. The molecule has 2 aromatic heterocycles. The molecule has 1 amide bonds. The lowest BCUT2D eigenvalue weighted by atomic mass is 10.1. The van der Waals surface area contributed by atoms with Gasteiger partial charge in [-0.05, 0) is 38.0 Å². The van der Waals surface area contributed by atoms with Gasteiger partial charge in [-0.1, -0.05) is 23.7 Å². The Morgan fingerprint density at radius 2 is 2.07 bits per heavy atom. The fourth-order valence-electron chi connectivity index (χ4n) is 2.92. The molecule has 1 aromatic carbocycles. The van der Waals surface area contributed by atoms with Gasteiger partial charge in [-0.15, -0.1) is 0 Å². The normalized spacial score (nSPS) is 11.0. The van der Waals surface area contributed by atoms with Gasteiger partial charge in [-0.2, -0.15) is 10.1 Å². The van der Waals surface area contributed by atoms with Crippen LogP contribution in [0.1, 0.15) is 23.4 Å². The number of carbonyl (C=O) groups is 1. The highest BCUT2D eigenvalue weighted by molar-refractivity contribution is 6.32. The van der Waals surface area contributed by atoms with E-state index >= 15 is 0 Å². The summed E-state index contributed by atoms with van der Waals surface area (Å²) in [5.74, 6) is 1.25. The number of benzene rings is 1. The van der Waals surface area contributed by atoms with Crippen LogP contribution in [0, 0.1) is 13.8 Å². The minimum absolute atomic E-state index is 0.0512. The number of ether oxygens (including phenoxy) is 1. The Balaban J connectivity index is 1.54. The average Bonchev–Trinajstić information content (AvgIpc) is 3.11. The molecule has 0 radical (unpaired) electrons. The Morgan fingerprint density at radius 1 is 1.30 bits per heavy atom. The number of halogens is 1. The molecule has 142 valence electrons. The van der Waals surface area contributed by atoms with E-state index < -0.39 is 0 Å². The van der Waals surface area contributed by atoms with Crippen LogP contribution < -0.4 is 4.74 Å². The second-order valence-electron chi connectivity index (χ2n) is 6.33. The average molecular weight is 388 g/mol. The number of hydrogen-bond donors (Lipinski definition) is 0. The second kappa shape index (κ2) is 8.35. The largest absolute Gasteiger partial charge is 0.490 e. The first-order valence-electron chi connectivity index (χ1n) is 8.74. The molecule has 0 unspecified atom stereocenters. The molecule has 0 aliphatic carbocycles. The van der Waals surface area contributed by atoms with Crippen LogP contribution in [0.15, 0.2) is 30.6 Å². The summed E-state index contributed by atoms with van der Waals surface area (Å²) in [5.41, 5.74) is 2.88. The maximum atomic E-state index is 12.5. The van der Waals surface area contributed by atoms with E-state index in [0.717, 1.165) is 17.0 Å². The van der Waals surface area contributed by atoms with Crippen LogP contribution in [0.2, 0.25) is 5.02 Å². The van der Waals surface area contributed by atoms with E-state index in [1.807, 2.05) is 32.0 Å². The van der Waals surface area contributed by atoms with Crippen molar-refractivity contribution in [2.75, 3.05) is 20.2 Å². The van der Waals surface area contributed by atoms with Crippen molar-refractivity contribution in [3.63, 3.8) is 0 Å². The summed E-state index contributed by atoms with van der Waals surface area (Å²) >= 11 is 6.06. The van der Waals surface area contributed by atoms with Gasteiger partial charge in [0.05, 0.1) is 11.6 Å². The van der Waals surface area contributed by atoms with Crippen molar-refractivity contribution < 1.29 is 9.53 Å². The molecule has 3 rings (SSSR count). The summed E-state index contributed by atoms with van der Waals surface area (Å²) in [6.45, 7) is 4.78. The summed E-state index contributed by atoms with van der Waals surface area (Å²) in [7, 11) is 1.77. The number of para-hydroxylation sites is 1. The Labute approximate surface area is 162 Å². The highest BCUT2D eigenvalue weighted by atomic mass is 35.5.